The summed E-state index contributed by atoms with van der Waals surface area (Å²) in [7, 11) is 0. The monoisotopic (exact) mass is 388 g/mol. The van der Waals surface area contributed by atoms with Gasteiger partial charge in [-0.2, -0.15) is 0 Å². The number of fused-ring (bicyclic) bond motifs is 1. The molecule has 3 fully saturated rings. The topological polar surface area (TPSA) is 94.9 Å². The number of hydrogen-bond donors (Lipinski definition) is 2. The van der Waals surface area contributed by atoms with Gasteiger partial charge in [0.2, 0.25) is 11.8 Å². The minimum Gasteiger partial charge on any atom is -0.459 e. The maximum absolute atomic E-state index is 12.5. The van der Waals surface area contributed by atoms with Crippen molar-refractivity contribution in [2.24, 2.45) is 0 Å². The molecule has 8 nitrogen and oxygen atoms in total. The van der Waals surface area contributed by atoms with Gasteiger partial charge in [-0.3, -0.25) is 19.3 Å². The van der Waals surface area contributed by atoms with Crippen LogP contribution in [0.15, 0.2) is 22.8 Å². The SMILES string of the molecule is O=C(N[C@H]1C[C@H]2C(=O)NC[C@@H](CCC(=O)N3CCCCC3)N2C1)c1ccco1. The Balaban J connectivity index is 1.33. The Morgan fingerprint density at radius 3 is 2.82 bits per heavy atom. The lowest BCUT2D eigenvalue weighted by Crippen LogP contribution is -2.58. The van der Waals surface area contributed by atoms with Crippen LogP contribution in [0.1, 0.15) is 49.1 Å². The van der Waals surface area contributed by atoms with Crippen LogP contribution in [0, 0.1) is 0 Å². The molecule has 0 bridgehead atoms. The quantitative estimate of drug-likeness (QED) is 0.776. The Kier molecular flexibility index (Phi) is 5.66. The van der Waals surface area contributed by atoms with E-state index in [9.17, 15) is 14.4 Å². The van der Waals surface area contributed by atoms with Gasteiger partial charge in [0.1, 0.15) is 0 Å². The van der Waals surface area contributed by atoms with Crippen molar-refractivity contribution in [3.8, 4) is 0 Å². The van der Waals surface area contributed by atoms with Gasteiger partial charge in [-0.05, 0) is 44.2 Å². The maximum atomic E-state index is 12.5. The molecule has 0 unspecified atom stereocenters. The highest BCUT2D eigenvalue weighted by atomic mass is 16.3. The van der Waals surface area contributed by atoms with E-state index in [-0.39, 0.29) is 41.6 Å². The molecule has 28 heavy (non-hydrogen) atoms. The van der Waals surface area contributed by atoms with Gasteiger partial charge < -0.3 is 20.0 Å². The van der Waals surface area contributed by atoms with Gasteiger partial charge in [-0.1, -0.05) is 0 Å². The Bertz CT molecular complexity index is 714. The van der Waals surface area contributed by atoms with E-state index >= 15 is 0 Å². The smallest absolute Gasteiger partial charge is 0.287 e. The summed E-state index contributed by atoms with van der Waals surface area (Å²) in [4.78, 5) is 41.2. The summed E-state index contributed by atoms with van der Waals surface area (Å²) in [5, 5.41) is 5.94. The van der Waals surface area contributed by atoms with Crippen molar-refractivity contribution in [1.29, 1.82) is 0 Å². The van der Waals surface area contributed by atoms with Gasteiger partial charge in [0.25, 0.3) is 5.91 Å². The van der Waals surface area contributed by atoms with Crippen LogP contribution in [-0.2, 0) is 9.59 Å². The minimum atomic E-state index is -0.257. The molecule has 0 aromatic carbocycles. The van der Waals surface area contributed by atoms with Crippen LogP contribution in [0.4, 0.5) is 0 Å². The van der Waals surface area contributed by atoms with E-state index in [1.54, 1.807) is 12.1 Å². The fourth-order valence-corrected chi connectivity index (χ4v) is 4.60. The van der Waals surface area contributed by atoms with Crippen molar-refractivity contribution in [2.75, 3.05) is 26.2 Å². The molecular formula is C20H28N4O4. The second-order valence-corrected chi connectivity index (χ2v) is 7.98. The second-order valence-electron chi connectivity index (χ2n) is 7.98. The highest BCUT2D eigenvalue weighted by Gasteiger charge is 2.44. The maximum Gasteiger partial charge on any atom is 0.287 e. The van der Waals surface area contributed by atoms with Gasteiger partial charge >= 0.3 is 0 Å². The second kappa shape index (κ2) is 8.34. The van der Waals surface area contributed by atoms with Gasteiger partial charge in [-0.25, -0.2) is 0 Å². The summed E-state index contributed by atoms with van der Waals surface area (Å²) in [6.45, 7) is 2.91. The average molecular weight is 388 g/mol. The highest BCUT2D eigenvalue weighted by molar-refractivity contribution is 5.91. The summed E-state index contributed by atoms with van der Waals surface area (Å²) < 4.78 is 5.14. The molecule has 0 spiro atoms. The lowest BCUT2D eigenvalue weighted by atomic mass is 10.0. The van der Waals surface area contributed by atoms with Crippen molar-refractivity contribution in [1.82, 2.24) is 20.4 Å². The van der Waals surface area contributed by atoms with Crippen molar-refractivity contribution in [3.05, 3.63) is 24.2 Å². The zero-order chi connectivity index (χ0) is 19.5. The van der Waals surface area contributed by atoms with E-state index in [1.165, 1.54) is 12.7 Å². The zero-order valence-electron chi connectivity index (χ0n) is 16.1. The van der Waals surface area contributed by atoms with Crippen molar-refractivity contribution >= 4 is 17.7 Å². The third-order valence-corrected chi connectivity index (χ3v) is 6.10. The highest BCUT2D eigenvalue weighted by Crippen LogP contribution is 2.26. The van der Waals surface area contributed by atoms with Crippen molar-refractivity contribution in [2.45, 2.75) is 56.7 Å². The van der Waals surface area contributed by atoms with Crippen molar-refractivity contribution in [3.63, 3.8) is 0 Å². The summed E-state index contributed by atoms with van der Waals surface area (Å²) in [6.07, 6.45) is 6.68. The van der Waals surface area contributed by atoms with Crippen LogP contribution in [0.5, 0.6) is 0 Å². The molecule has 0 saturated carbocycles. The molecule has 3 aliphatic heterocycles. The van der Waals surface area contributed by atoms with Crippen LogP contribution < -0.4 is 10.6 Å². The third kappa shape index (κ3) is 4.06. The lowest BCUT2D eigenvalue weighted by molar-refractivity contribution is -0.133. The molecule has 1 aromatic rings. The largest absolute Gasteiger partial charge is 0.459 e. The molecule has 4 heterocycles. The number of nitrogens with zero attached hydrogens (tertiary/aromatic N) is 2. The van der Waals surface area contributed by atoms with E-state index in [4.69, 9.17) is 4.42 Å². The fraction of sp³-hybridized carbons (Fsp3) is 0.650. The van der Waals surface area contributed by atoms with Gasteiger partial charge in [0, 0.05) is 44.7 Å². The van der Waals surface area contributed by atoms with E-state index in [2.05, 4.69) is 15.5 Å². The van der Waals surface area contributed by atoms with Gasteiger partial charge in [0.05, 0.1) is 12.3 Å². The number of rotatable bonds is 5. The average Bonchev–Trinajstić information content (AvgIpc) is 3.38. The van der Waals surface area contributed by atoms with E-state index in [0.717, 1.165) is 32.4 Å². The summed E-state index contributed by atoms with van der Waals surface area (Å²) >= 11 is 0. The predicted molar refractivity (Wildman–Crippen MR) is 102 cm³/mol. The zero-order valence-corrected chi connectivity index (χ0v) is 16.1. The van der Waals surface area contributed by atoms with Crippen molar-refractivity contribution < 1.29 is 18.8 Å². The Morgan fingerprint density at radius 1 is 1.25 bits per heavy atom. The number of hydrogen-bond acceptors (Lipinski definition) is 5. The van der Waals surface area contributed by atoms with Crippen LogP contribution >= 0.6 is 0 Å². The Hall–Kier alpha value is -2.35. The van der Waals surface area contributed by atoms with E-state index in [0.29, 0.717) is 25.9 Å². The minimum absolute atomic E-state index is 0.00774. The number of carbonyl (C=O) groups excluding carboxylic acids is 3. The van der Waals surface area contributed by atoms with Crippen LogP contribution in [-0.4, -0.2) is 71.8 Å². The predicted octanol–water partition coefficient (Wildman–Crippen LogP) is 0.743. The number of likely N-dealkylation sites (tertiary alicyclic amines) is 1. The van der Waals surface area contributed by atoms with E-state index < -0.39 is 0 Å². The molecular weight excluding hydrogens is 360 g/mol. The Labute approximate surface area is 164 Å². The molecule has 0 radical (unpaired) electrons. The first-order valence-corrected chi connectivity index (χ1v) is 10.3. The first kappa shape index (κ1) is 19.0. The summed E-state index contributed by atoms with van der Waals surface area (Å²) in [6, 6.07) is 3.08. The fourth-order valence-electron chi connectivity index (χ4n) is 4.60. The molecule has 3 amide bonds. The van der Waals surface area contributed by atoms with Gasteiger partial charge in [0.15, 0.2) is 5.76 Å². The van der Waals surface area contributed by atoms with Crippen LogP contribution in [0.25, 0.3) is 0 Å². The Morgan fingerprint density at radius 2 is 2.07 bits per heavy atom. The number of amides is 3. The molecule has 3 aliphatic rings. The number of piperazine rings is 1. The number of furan rings is 1. The van der Waals surface area contributed by atoms with Gasteiger partial charge in [-0.15, -0.1) is 0 Å². The molecule has 152 valence electrons. The molecule has 0 aliphatic carbocycles. The number of carbonyl (C=O) groups is 3. The third-order valence-electron chi connectivity index (χ3n) is 6.10. The normalized spacial score (nSPS) is 27.9. The standard InChI is InChI=1S/C20H28N4O4/c25-18(23-8-2-1-3-9-23)7-6-15-12-21-19(26)16-11-14(13-24(15)16)22-20(27)17-5-4-10-28-17/h4-5,10,14-16H,1-3,6-9,11-13H2,(H,21,26)(H,22,27)/t14-,15+,16-/m0/s1. The first-order valence-electron chi connectivity index (χ1n) is 10.3. The summed E-state index contributed by atoms with van der Waals surface area (Å²) in [5.74, 6) is 0.244. The van der Waals surface area contributed by atoms with E-state index in [1.807, 2.05) is 4.90 Å². The molecule has 2 N–H and O–H groups in total. The first-order chi connectivity index (χ1) is 13.6. The molecule has 1 aromatic heterocycles. The molecule has 4 rings (SSSR count). The van der Waals surface area contributed by atoms with Crippen LogP contribution in [0.2, 0.25) is 0 Å². The molecule has 8 heteroatoms. The number of nitrogens with one attached hydrogen (secondary N) is 2. The van der Waals surface area contributed by atoms with Crippen LogP contribution in [0.3, 0.4) is 0 Å². The summed E-state index contributed by atoms with van der Waals surface area (Å²) in [5.41, 5.74) is 0. The molecule has 3 atom stereocenters. The molecule has 3 saturated heterocycles. The number of piperidine rings is 1. The lowest BCUT2D eigenvalue weighted by Gasteiger charge is -2.37.